The van der Waals surface area contributed by atoms with Gasteiger partial charge in [-0.2, -0.15) is 5.10 Å². The molecule has 1 amide bonds. The number of nitrogens with zero attached hydrogens (tertiary/aromatic N) is 3. The number of hydrogen-bond acceptors (Lipinski definition) is 6. The summed E-state index contributed by atoms with van der Waals surface area (Å²) in [6.07, 6.45) is 2.44. The van der Waals surface area contributed by atoms with Crippen LogP contribution in [0.25, 0.3) is 5.69 Å². The first-order chi connectivity index (χ1) is 16.4. The molecule has 1 saturated heterocycles. The molecule has 1 N–H and O–H groups in total. The summed E-state index contributed by atoms with van der Waals surface area (Å²) in [5.41, 5.74) is 3.69. The summed E-state index contributed by atoms with van der Waals surface area (Å²) in [6.45, 7) is 6.84. The van der Waals surface area contributed by atoms with E-state index in [1.54, 1.807) is 10.9 Å². The third-order valence-corrected chi connectivity index (χ3v) is 5.96. The average molecular weight is 463 g/mol. The maximum Gasteiger partial charge on any atom is 0.413 e. The number of aromatic nitrogens is 2. The van der Waals surface area contributed by atoms with Crippen molar-refractivity contribution >= 4 is 23.6 Å². The van der Waals surface area contributed by atoms with Crippen molar-refractivity contribution in [1.82, 2.24) is 9.78 Å². The van der Waals surface area contributed by atoms with Gasteiger partial charge in [-0.1, -0.05) is 30.3 Å². The number of esters is 1. The Morgan fingerprint density at radius 1 is 1.03 bits per heavy atom. The molecule has 1 atom stereocenters. The summed E-state index contributed by atoms with van der Waals surface area (Å²) in [6, 6.07) is 17.6. The quantitative estimate of drug-likeness (QED) is 0.518. The molecule has 0 bridgehead atoms. The Bertz CT molecular complexity index is 1120. The zero-order chi connectivity index (χ0) is 24.1. The minimum Gasteiger partial charge on any atom is -0.462 e. The Hall–Kier alpha value is -3.81. The lowest BCUT2D eigenvalue weighted by Crippen LogP contribution is -2.37. The van der Waals surface area contributed by atoms with Gasteiger partial charge in [0.2, 0.25) is 0 Å². The summed E-state index contributed by atoms with van der Waals surface area (Å²) in [7, 11) is 0. The summed E-state index contributed by atoms with van der Waals surface area (Å²) in [4.78, 5) is 26.0. The highest BCUT2D eigenvalue weighted by Crippen LogP contribution is 2.26. The number of carbonyl (C=O) groups excluding carboxylic acids is 2. The molecular formula is C26H30N4O4. The number of anilines is 2. The molecule has 1 aliphatic heterocycles. The smallest absolute Gasteiger partial charge is 0.413 e. The van der Waals surface area contributed by atoms with Crippen LogP contribution in [0.4, 0.5) is 16.3 Å². The number of hydrogen-bond donors (Lipinski definition) is 1. The summed E-state index contributed by atoms with van der Waals surface area (Å²) in [5, 5.41) is 7.28. The van der Waals surface area contributed by atoms with E-state index < -0.39 is 6.09 Å². The van der Waals surface area contributed by atoms with Gasteiger partial charge in [-0.05, 0) is 43.7 Å². The number of nitrogens with one attached hydrogen (secondary N) is 1. The van der Waals surface area contributed by atoms with Crippen LogP contribution in [0, 0.1) is 6.92 Å². The van der Waals surface area contributed by atoms with E-state index in [-0.39, 0.29) is 18.2 Å². The maximum atomic E-state index is 12.6. The Morgan fingerprint density at radius 3 is 2.32 bits per heavy atom. The van der Waals surface area contributed by atoms with Gasteiger partial charge in [-0.15, -0.1) is 0 Å². The molecule has 1 aromatic heterocycles. The molecule has 2 aromatic carbocycles. The lowest BCUT2D eigenvalue weighted by atomic mass is 10.1. The van der Waals surface area contributed by atoms with Gasteiger partial charge in [0.05, 0.1) is 11.9 Å². The number of ether oxygens (including phenoxy) is 2. The fourth-order valence-electron chi connectivity index (χ4n) is 4.13. The van der Waals surface area contributed by atoms with E-state index in [0.29, 0.717) is 5.82 Å². The number of benzene rings is 2. The van der Waals surface area contributed by atoms with Gasteiger partial charge in [0.15, 0.2) is 0 Å². The van der Waals surface area contributed by atoms with Crippen molar-refractivity contribution in [1.29, 1.82) is 0 Å². The van der Waals surface area contributed by atoms with Gasteiger partial charge in [-0.3, -0.25) is 10.1 Å². The number of rotatable bonds is 6. The molecular weight excluding hydrogens is 432 g/mol. The predicted octanol–water partition coefficient (Wildman–Crippen LogP) is 5.02. The fourth-order valence-corrected chi connectivity index (χ4v) is 4.13. The van der Waals surface area contributed by atoms with E-state index in [4.69, 9.17) is 9.47 Å². The first-order valence-corrected chi connectivity index (χ1v) is 11.5. The van der Waals surface area contributed by atoms with E-state index in [1.165, 1.54) is 6.92 Å². The second kappa shape index (κ2) is 10.4. The predicted molar refractivity (Wildman–Crippen MR) is 130 cm³/mol. The van der Waals surface area contributed by atoms with Crippen LogP contribution in [0.15, 0.2) is 60.8 Å². The number of carbonyl (C=O) groups is 2. The summed E-state index contributed by atoms with van der Waals surface area (Å²) >= 11 is 0. The van der Waals surface area contributed by atoms with E-state index in [0.717, 1.165) is 48.4 Å². The molecule has 0 saturated carbocycles. The molecule has 4 rings (SSSR count). The number of piperidine rings is 1. The van der Waals surface area contributed by atoms with E-state index >= 15 is 0 Å². The molecule has 0 radical (unpaired) electrons. The highest BCUT2D eigenvalue weighted by atomic mass is 16.6. The van der Waals surface area contributed by atoms with Crippen LogP contribution in [0.2, 0.25) is 0 Å². The van der Waals surface area contributed by atoms with Crippen LogP contribution in [0.3, 0.4) is 0 Å². The molecule has 1 aliphatic rings. The monoisotopic (exact) mass is 462 g/mol. The molecule has 8 heteroatoms. The molecule has 2 heterocycles. The van der Waals surface area contributed by atoms with Crippen molar-refractivity contribution in [2.75, 3.05) is 23.3 Å². The third kappa shape index (κ3) is 5.57. The van der Waals surface area contributed by atoms with Gasteiger partial charge in [-0.25, -0.2) is 9.48 Å². The van der Waals surface area contributed by atoms with Crippen molar-refractivity contribution in [2.24, 2.45) is 0 Å². The van der Waals surface area contributed by atoms with Crippen LogP contribution in [-0.2, 0) is 14.3 Å². The van der Waals surface area contributed by atoms with Crippen LogP contribution in [-0.4, -0.2) is 41.0 Å². The summed E-state index contributed by atoms with van der Waals surface area (Å²) in [5.74, 6) is 0.348. The van der Waals surface area contributed by atoms with Gasteiger partial charge < -0.3 is 14.4 Å². The van der Waals surface area contributed by atoms with Crippen LogP contribution in [0.5, 0.6) is 0 Å². The van der Waals surface area contributed by atoms with Crippen molar-refractivity contribution in [3.8, 4) is 5.69 Å². The normalized spacial score (nSPS) is 15.0. The summed E-state index contributed by atoms with van der Waals surface area (Å²) < 4.78 is 12.6. The van der Waals surface area contributed by atoms with E-state index in [2.05, 4.69) is 15.3 Å². The Labute approximate surface area is 199 Å². The second-order valence-corrected chi connectivity index (χ2v) is 8.48. The zero-order valence-corrected chi connectivity index (χ0v) is 19.7. The number of aryl methyl sites for hydroxylation is 1. The fraction of sp³-hybridized carbons (Fsp3) is 0.346. The maximum absolute atomic E-state index is 12.6. The minimum absolute atomic E-state index is 0.00179. The van der Waals surface area contributed by atoms with Crippen LogP contribution < -0.4 is 10.2 Å². The second-order valence-electron chi connectivity index (χ2n) is 8.48. The van der Waals surface area contributed by atoms with Crippen molar-refractivity contribution in [2.45, 2.75) is 45.8 Å². The SMILES string of the molecule is CC(=O)OC1CCN(c2ccc(-n3ncc(C)c3NC(=O)OC(C)c3ccccc3)cc2)CC1. The Morgan fingerprint density at radius 2 is 1.68 bits per heavy atom. The first-order valence-electron chi connectivity index (χ1n) is 11.5. The van der Waals surface area contributed by atoms with Gasteiger partial charge >= 0.3 is 12.1 Å². The number of amides is 1. The lowest BCUT2D eigenvalue weighted by Gasteiger charge is -2.33. The minimum atomic E-state index is -0.534. The zero-order valence-electron chi connectivity index (χ0n) is 19.7. The molecule has 178 valence electrons. The van der Waals surface area contributed by atoms with Crippen molar-refractivity contribution in [3.63, 3.8) is 0 Å². The molecule has 34 heavy (non-hydrogen) atoms. The van der Waals surface area contributed by atoms with Gasteiger partial charge in [0, 0.05) is 44.1 Å². The van der Waals surface area contributed by atoms with Crippen molar-refractivity contribution in [3.05, 3.63) is 71.9 Å². The van der Waals surface area contributed by atoms with E-state index in [9.17, 15) is 9.59 Å². The van der Waals surface area contributed by atoms with Crippen molar-refractivity contribution < 1.29 is 19.1 Å². The molecule has 1 unspecified atom stereocenters. The largest absolute Gasteiger partial charge is 0.462 e. The van der Waals surface area contributed by atoms with E-state index in [1.807, 2.05) is 68.4 Å². The topological polar surface area (TPSA) is 85.7 Å². The van der Waals surface area contributed by atoms with Gasteiger partial charge in [0.25, 0.3) is 0 Å². The Balaban J connectivity index is 1.40. The lowest BCUT2D eigenvalue weighted by molar-refractivity contribution is -0.147. The van der Waals surface area contributed by atoms with Gasteiger partial charge in [0.1, 0.15) is 18.0 Å². The molecule has 8 nitrogen and oxygen atoms in total. The molecule has 0 spiro atoms. The van der Waals surface area contributed by atoms with Crippen LogP contribution >= 0.6 is 0 Å². The molecule has 1 fully saturated rings. The Kier molecular flexibility index (Phi) is 7.15. The molecule has 0 aliphatic carbocycles. The third-order valence-electron chi connectivity index (χ3n) is 5.96. The first kappa shape index (κ1) is 23.4. The highest BCUT2D eigenvalue weighted by molar-refractivity contribution is 5.85. The van der Waals surface area contributed by atoms with Crippen LogP contribution in [0.1, 0.15) is 43.9 Å². The molecule has 3 aromatic rings. The highest BCUT2D eigenvalue weighted by Gasteiger charge is 2.22. The average Bonchev–Trinajstić information content (AvgIpc) is 3.19. The standard InChI is InChI=1S/C26H30N4O4/c1-18-17-27-30(25(18)28-26(32)33-19(2)21-7-5-4-6-8-21)23-11-9-22(10-12-23)29-15-13-24(14-16-29)34-20(3)31/h4-12,17,19,24H,13-16H2,1-3H3,(H,28,32).